The van der Waals surface area contributed by atoms with Crippen molar-refractivity contribution in [3.63, 3.8) is 0 Å². The topological polar surface area (TPSA) is 13.1 Å². The van der Waals surface area contributed by atoms with Crippen molar-refractivity contribution in [3.05, 3.63) is 50.4 Å². The quantitative estimate of drug-likeness (QED) is 0.318. The summed E-state index contributed by atoms with van der Waals surface area (Å²) in [6.07, 6.45) is -0.00353. The Hall–Kier alpha value is 0.0469. The van der Waals surface area contributed by atoms with Gasteiger partial charge in [-0.25, -0.2) is 0 Å². The van der Waals surface area contributed by atoms with Crippen LogP contribution in [-0.4, -0.2) is 8.32 Å². The minimum absolute atomic E-state index is 0. The maximum atomic E-state index is 6.93. The molecule has 0 saturated heterocycles. The molecule has 1 aromatic heterocycles. The number of rotatable bonds is 7. The summed E-state index contributed by atoms with van der Waals surface area (Å²) in [5.74, 6) is 0. The highest BCUT2D eigenvalue weighted by Crippen LogP contribution is 2.36. The van der Waals surface area contributed by atoms with Crippen LogP contribution in [-0.2, 0) is 11.5 Å². The maximum Gasteiger partial charge on any atom is 0.270 e. The molecule has 6 heteroatoms. The van der Waals surface area contributed by atoms with Gasteiger partial charge in [-0.15, -0.1) is 0 Å². The molecule has 1 aromatic carbocycles. The van der Waals surface area contributed by atoms with E-state index in [2.05, 4.69) is 58.4 Å². The van der Waals surface area contributed by atoms with E-state index in [-0.39, 0.29) is 30.1 Å². The molecule has 1 unspecified atom stereocenters. The Morgan fingerprint density at radius 1 is 1.08 bits per heavy atom. The molecule has 2 nitrogen and oxygen atoms in total. The zero-order chi connectivity index (χ0) is 17.9. The van der Waals surface area contributed by atoms with Crippen LogP contribution in [0, 0.1) is 13.8 Å². The minimum atomic E-state index is -1.73. The van der Waals surface area contributed by atoms with Crippen LogP contribution in [0.15, 0.2) is 24.3 Å². The van der Waals surface area contributed by atoms with Crippen LogP contribution in [0.2, 0.25) is 23.2 Å². The summed E-state index contributed by atoms with van der Waals surface area (Å²) in [5, 5.41) is 2.05. The summed E-state index contributed by atoms with van der Waals surface area (Å²) in [6, 6.07) is 11.6. The van der Waals surface area contributed by atoms with Gasteiger partial charge >= 0.3 is 0 Å². The predicted molar refractivity (Wildman–Crippen MR) is 107 cm³/mol. The van der Waals surface area contributed by atoms with Crippen LogP contribution >= 0.6 is 22.9 Å². The summed E-state index contributed by atoms with van der Waals surface area (Å²) < 4.78 is 9.22. The summed E-state index contributed by atoms with van der Waals surface area (Å²) in [4.78, 5) is 1.35. The number of hydrogen-bond acceptors (Lipinski definition) is 2. The summed E-state index contributed by atoms with van der Waals surface area (Å²) in [7, 11) is 0.416. The van der Waals surface area contributed by atoms with E-state index in [0.717, 1.165) is 23.2 Å². The number of benzene rings is 1. The molecule has 0 aliphatic carbocycles. The Morgan fingerprint density at radius 3 is 2.00 bits per heavy atom. The van der Waals surface area contributed by atoms with Gasteiger partial charge in [0, 0.05) is 11.9 Å². The van der Waals surface area contributed by atoms with Crippen LogP contribution in [0.5, 0.6) is 0 Å². The first-order chi connectivity index (χ1) is 11.4. The normalized spacial score (nSPS) is 12.8. The lowest BCUT2D eigenvalue weighted by atomic mass is 10.1. The molecule has 2 rings (SSSR count). The third kappa shape index (κ3) is 5.06. The van der Waals surface area contributed by atoms with Gasteiger partial charge in [0.25, 0.3) is 5.01 Å². The smallest absolute Gasteiger partial charge is 0.270 e. The van der Waals surface area contributed by atoms with E-state index in [0.29, 0.717) is 0 Å². The Bertz CT molecular complexity index is 677. The molecule has 0 saturated carbocycles. The highest BCUT2D eigenvalue weighted by atomic mass is 127. The van der Waals surface area contributed by atoms with Gasteiger partial charge in [-0.05, 0) is 42.8 Å². The van der Waals surface area contributed by atoms with Gasteiger partial charge in [0.15, 0.2) is 20.1 Å². The Labute approximate surface area is 179 Å². The van der Waals surface area contributed by atoms with Crippen molar-refractivity contribution in [1.29, 1.82) is 0 Å². The van der Waals surface area contributed by atoms with E-state index in [4.69, 9.17) is 16.0 Å². The fourth-order valence-electron chi connectivity index (χ4n) is 3.08. The average Bonchev–Trinajstić information content (AvgIpc) is 2.85. The van der Waals surface area contributed by atoms with Crippen LogP contribution in [0.25, 0.3) is 0 Å². The molecule has 0 fully saturated rings. The second-order valence-electron chi connectivity index (χ2n) is 6.43. The van der Waals surface area contributed by atoms with Crippen molar-refractivity contribution in [2.75, 3.05) is 0 Å². The first kappa shape index (κ1) is 23.1. The molecule has 140 valence electrons. The molecular formula is C19H29ClINOSSi. The fourth-order valence-corrected chi connectivity index (χ4v) is 7.20. The van der Waals surface area contributed by atoms with Gasteiger partial charge in [0.1, 0.15) is 7.05 Å². The molecule has 0 amide bonds. The Morgan fingerprint density at radius 2 is 1.60 bits per heavy atom. The van der Waals surface area contributed by atoms with Crippen LogP contribution in [0.3, 0.4) is 0 Å². The number of thiazole rings is 1. The van der Waals surface area contributed by atoms with Gasteiger partial charge < -0.3 is 28.4 Å². The highest BCUT2D eigenvalue weighted by Gasteiger charge is 2.37. The van der Waals surface area contributed by atoms with Gasteiger partial charge in [-0.2, -0.15) is 4.57 Å². The standard InChI is InChI=1S/C19H29ClNOSSi.HI/c1-7-24(8-2,9-3)22-18(16-10-12-17(20)13-11-16)19-21(6)14(4)15(5)23-19;/h10-13,18H,7-9H2,1-6H3;1H/q+1;/p-1. The van der Waals surface area contributed by atoms with E-state index >= 15 is 0 Å². The predicted octanol–water partition coefficient (Wildman–Crippen LogP) is 2.96. The third-order valence-corrected chi connectivity index (χ3v) is 11.5. The molecule has 0 radical (unpaired) electrons. The van der Waals surface area contributed by atoms with E-state index in [9.17, 15) is 0 Å². The fraction of sp³-hybridized carbons (Fsp3) is 0.526. The summed E-state index contributed by atoms with van der Waals surface area (Å²) in [5.41, 5.74) is 2.51. The van der Waals surface area contributed by atoms with E-state index in [1.165, 1.54) is 21.1 Å². The maximum absolute atomic E-state index is 6.93. The number of nitrogens with zero attached hydrogens (tertiary/aromatic N) is 1. The van der Waals surface area contributed by atoms with Crippen molar-refractivity contribution in [1.82, 2.24) is 0 Å². The van der Waals surface area contributed by atoms with Crippen molar-refractivity contribution in [3.8, 4) is 0 Å². The molecular weight excluding hydrogens is 481 g/mol. The third-order valence-electron chi connectivity index (χ3n) is 5.30. The first-order valence-electron chi connectivity index (χ1n) is 8.76. The molecule has 0 aliphatic heterocycles. The number of halogens is 2. The molecule has 0 bridgehead atoms. The van der Waals surface area contributed by atoms with Crippen molar-refractivity contribution in [2.45, 2.75) is 58.9 Å². The zero-order valence-corrected chi connectivity index (χ0v) is 20.8. The van der Waals surface area contributed by atoms with Crippen molar-refractivity contribution < 1.29 is 33.0 Å². The molecule has 25 heavy (non-hydrogen) atoms. The average molecular weight is 510 g/mol. The molecule has 0 spiro atoms. The largest absolute Gasteiger partial charge is 1.00 e. The lowest BCUT2D eigenvalue weighted by Crippen LogP contribution is -3.00. The molecule has 0 aliphatic rings. The lowest BCUT2D eigenvalue weighted by molar-refractivity contribution is -0.682. The Balaban J connectivity index is 0.00000312. The molecule has 1 heterocycles. The van der Waals surface area contributed by atoms with Crippen LogP contribution in [0.1, 0.15) is 48.0 Å². The zero-order valence-electron chi connectivity index (χ0n) is 16.0. The second kappa shape index (κ2) is 9.83. The van der Waals surface area contributed by atoms with Crippen LogP contribution < -0.4 is 28.5 Å². The van der Waals surface area contributed by atoms with Crippen molar-refractivity contribution in [2.24, 2.45) is 7.05 Å². The monoisotopic (exact) mass is 509 g/mol. The van der Waals surface area contributed by atoms with E-state index in [1.807, 2.05) is 23.5 Å². The SMILES string of the molecule is CC[Si](CC)(CC)OC(c1ccc(Cl)cc1)c1sc(C)c(C)[n+]1C.[I-]. The number of hydrogen-bond donors (Lipinski definition) is 0. The first-order valence-corrected chi connectivity index (χ1v) is 12.5. The number of aromatic nitrogens is 1. The lowest BCUT2D eigenvalue weighted by Gasteiger charge is -2.31. The number of aryl methyl sites for hydroxylation is 1. The summed E-state index contributed by atoms with van der Waals surface area (Å²) in [6.45, 7) is 11.2. The van der Waals surface area contributed by atoms with Gasteiger partial charge in [-0.1, -0.05) is 55.8 Å². The van der Waals surface area contributed by atoms with Gasteiger partial charge in [-0.3, -0.25) is 0 Å². The van der Waals surface area contributed by atoms with Gasteiger partial charge in [0.2, 0.25) is 0 Å². The molecule has 0 N–H and O–H groups in total. The second-order valence-corrected chi connectivity index (χ2v) is 12.8. The molecule has 1 atom stereocenters. The van der Waals surface area contributed by atoms with Crippen LogP contribution in [0.4, 0.5) is 0 Å². The van der Waals surface area contributed by atoms with E-state index < -0.39 is 8.32 Å². The van der Waals surface area contributed by atoms with E-state index in [1.54, 1.807) is 0 Å². The van der Waals surface area contributed by atoms with Gasteiger partial charge in [0.05, 0.1) is 4.88 Å². The highest BCUT2D eigenvalue weighted by molar-refractivity contribution is 7.11. The van der Waals surface area contributed by atoms with Crippen molar-refractivity contribution >= 4 is 31.3 Å². The molecule has 2 aromatic rings. The Kier molecular flexibility index (Phi) is 9.08. The summed E-state index contributed by atoms with van der Waals surface area (Å²) >= 11 is 7.95. The minimum Gasteiger partial charge on any atom is -1.00 e.